The van der Waals surface area contributed by atoms with E-state index in [0.717, 1.165) is 5.56 Å². The zero-order valence-corrected chi connectivity index (χ0v) is 13.1. The van der Waals surface area contributed by atoms with E-state index in [0.29, 0.717) is 23.8 Å². The maximum absolute atomic E-state index is 12.2. The summed E-state index contributed by atoms with van der Waals surface area (Å²) in [5.41, 5.74) is 1.39. The number of rotatable bonds is 6. The molecule has 116 valence electrons. The first-order valence-corrected chi connectivity index (χ1v) is 7.41. The molecule has 0 atom stereocenters. The molecular formula is C16H18ClN3O2. The lowest BCUT2D eigenvalue weighted by Gasteiger charge is -2.21. The summed E-state index contributed by atoms with van der Waals surface area (Å²) in [5, 5.41) is 3.05. The van der Waals surface area contributed by atoms with E-state index in [1.54, 1.807) is 4.90 Å². The zero-order chi connectivity index (χ0) is 15.9. The number of hydrogen-bond acceptors (Lipinski definition) is 2. The van der Waals surface area contributed by atoms with Gasteiger partial charge in [-0.2, -0.15) is 0 Å². The van der Waals surface area contributed by atoms with Gasteiger partial charge in [0.25, 0.3) is 5.91 Å². The molecule has 22 heavy (non-hydrogen) atoms. The molecule has 0 fully saturated rings. The van der Waals surface area contributed by atoms with Gasteiger partial charge in [-0.3, -0.25) is 9.59 Å². The quantitative estimate of drug-likeness (QED) is 0.859. The summed E-state index contributed by atoms with van der Waals surface area (Å²) in [5.74, 6) is -0.478. The highest BCUT2D eigenvalue weighted by Crippen LogP contribution is 2.09. The molecule has 1 heterocycles. The van der Waals surface area contributed by atoms with Gasteiger partial charge in [0.1, 0.15) is 5.69 Å². The van der Waals surface area contributed by atoms with E-state index < -0.39 is 0 Å². The highest BCUT2D eigenvalue weighted by molar-refractivity contribution is 6.30. The van der Waals surface area contributed by atoms with Crippen LogP contribution in [0.5, 0.6) is 0 Å². The van der Waals surface area contributed by atoms with Gasteiger partial charge in [-0.1, -0.05) is 41.9 Å². The van der Waals surface area contributed by atoms with Crippen LogP contribution in [-0.2, 0) is 11.3 Å². The van der Waals surface area contributed by atoms with E-state index in [1.807, 2.05) is 37.3 Å². The van der Waals surface area contributed by atoms with Crippen molar-refractivity contribution in [3.05, 3.63) is 58.9 Å². The van der Waals surface area contributed by atoms with Crippen LogP contribution in [0.4, 0.5) is 0 Å². The maximum atomic E-state index is 12.2. The Bertz CT molecular complexity index is 640. The van der Waals surface area contributed by atoms with Gasteiger partial charge in [0, 0.05) is 19.3 Å². The van der Waals surface area contributed by atoms with E-state index in [2.05, 4.69) is 10.3 Å². The van der Waals surface area contributed by atoms with Crippen molar-refractivity contribution in [3.63, 3.8) is 0 Å². The lowest BCUT2D eigenvalue weighted by Crippen LogP contribution is -2.39. The summed E-state index contributed by atoms with van der Waals surface area (Å²) >= 11 is 5.74. The van der Waals surface area contributed by atoms with Gasteiger partial charge in [0.2, 0.25) is 5.91 Å². The maximum Gasteiger partial charge on any atom is 0.268 e. The third-order valence-corrected chi connectivity index (χ3v) is 3.46. The molecule has 0 aliphatic heterocycles. The number of nitrogens with one attached hydrogen (secondary N) is 2. The fourth-order valence-electron chi connectivity index (χ4n) is 2.04. The second-order valence-electron chi connectivity index (χ2n) is 4.81. The number of amides is 2. The van der Waals surface area contributed by atoms with Crippen molar-refractivity contribution in [1.82, 2.24) is 15.2 Å². The molecule has 2 N–H and O–H groups in total. The lowest BCUT2D eigenvalue weighted by molar-refractivity contribution is -0.130. The van der Waals surface area contributed by atoms with Gasteiger partial charge in [0.15, 0.2) is 0 Å². The Kier molecular flexibility index (Phi) is 5.61. The molecule has 0 radical (unpaired) electrons. The minimum atomic E-state index is -0.351. The van der Waals surface area contributed by atoms with Crippen molar-refractivity contribution in [3.8, 4) is 0 Å². The zero-order valence-electron chi connectivity index (χ0n) is 12.3. The predicted octanol–water partition coefficient (Wildman–Crippen LogP) is 2.45. The standard InChI is InChI=1S/C16H18ClN3O2/c1-2-20(11-12-6-4-3-5-7-12)15(21)10-19-16(22)14-8-13(17)9-18-14/h3-9,18H,2,10-11H2,1H3,(H,19,22). The fraction of sp³-hybridized carbons (Fsp3) is 0.250. The molecular weight excluding hydrogens is 302 g/mol. The SMILES string of the molecule is CCN(Cc1ccccc1)C(=O)CNC(=O)c1cc(Cl)c[nH]1. The van der Waals surface area contributed by atoms with Crippen LogP contribution in [-0.4, -0.2) is 34.8 Å². The van der Waals surface area contributed by atoms with Crippen LogP contribution in [0.3, 0.4) is 0 Å². The summed E-state index contributed by atoms with van der Waals surface area (Å²) in [6, 6.07) is 11.3. The minimum absolute atomic E-state index is 0.0455. The number of carbonyl (C=O) groups excluding carboxylic acids is 2. The second kappa shape index (κ2) is 7.66. The molecule has 0 spiro atoms. The number of nitrogens with zero attached hydrogens (tertiary/aromatic N) is 1. The second-order valence-corrected chi connectivity index (χ2v) is 5.24. The number of H-pyrrole nitrogens is 1. The van der Waals surface area contributed by atoms with E-state index in [4.69, 9.17) is 11.6 Å². The van der Waals surface area contributed by atoms with E-state index >= 15 is 0 Å². The number of halogens is 1. The van der Waals surface area contributed by atoms with Crippen molar-refractivity contribution in [2.45, 2.75) is 13.5 Å². The van der Waals surface area contributed by atoms with Crippen LogP contribution in [0.25, 0.3) is 0 Å². The molecule has 0 aliphatic rings. The van der Waals surface area contributed by atoms with Crippen LogP contribution in [0.15, 0.2) is 42.6 Å². The molecule has 0 bridgehead atoms. The van der Waals surface area contributed by atoms with Gasteiger partial charge in [-0.25, -0.2) is 0 Å². The number of aromatic nitrogens is 1. The Morgan fingerprint density at radius 3 is 2.59 bits per heavy atom. The average Bonchev–Trinajstić information content (AvgIpc) is 2.97. The normalized spacial score (nSPS) is 10.3. The van der Waals surface area contributed by atoms with Crippen LogP contribution < -0.4 is 5.32 Å². The smallest absolute Gasteiger partial charge is 0.268 e. The third kappa shape index (κ3) is 4.36. The van der Waals surface area contributed by atoms with Crippen molar-refractivity contribution in [2.75, 3.05) is 13.1 Å². The van der Waals surface area contributed by atoms with Gasteiger partial charge < -0.3 is 15.2 Å². The van der Waals surface area contributed by atoms with Gasteiger partial charge in [0.05, 0.1) is 11.6 Å². The van der Waals surface area contributed by atoms with E-state index in [9.17, 15) is 9.59 Å². The lowest BCUT2D eigenvalue weighted by atomic mass is 10.2. The first-order chi connectivity index (χ1) is 10.6. The van der Waals surface area contributed by atoms with Crippen LogP contribution in [0, 0.1) is 0 Å². The van der Waals surface area contributed by atoms with Crippen molar-refractivity contribution >= 4 is 23.4 Å². The van der Waals surface area contributed by atoms with E-state index in [1.165, 1.54) is 12.3 Å². The third-order valence-electron chi connectivity index (χ3n) is 3.24. The summed E-state index contributed by atoms with van der Waals surface area (Å²) in [4.78, 5) is 28.5. The molecule has 2 amide bonds. The molecule has 0 unspecified atom stereocenters. The monoisotopic (exact) mass is 319 g/mol. The number of benzene rings is 1. The summed E-state index contributed by atoms with van der Waals surface area (Å²) in [6.45, 7) is 2.97. The van der Waals surface area contributed by atoms with Gasteiger partial charge in [-0.05, 0) is 18.6 Å². The molecule has 6 heteroatoms. The Balaban J connectivity index is 1.88. The number of carbonyl (C=O) groups is 2. The molecule has 5 nitrogen and oxygen atoms in total. The molecule has 0 aliphatic carbocycles. The van der Waals surface area contributed by atoms with Gasteiger partial charge in [-0.15, -0.1) is 0 Å². The molecule has 0 saturated carbocycles. The Morgan fingerprint density at radius 1 is 1.27 bits per heavy atom. The largest absolute Gasteiger partial charge is 0.356 e. The average molecular weight is 320 g/mol. The first-order valence-electron chi connectivity index (χ1n) is 7.04. The van der Waals surface area contributed by atoms with Crippen molar-refractivity contribution in [2.24, 2.45) is 0 Å². The van der Waals surface area contributed by atoms with Crippen LogP contribution >= 0.6 is 11.6 Å². The summed E-state index contributed by atoms with van der Waals surface area (Å²) < 4.78 is 0. The topological polar surface area (TPSA) is 65.2 Å². The highest BCUT2D eigenvalue weighted by atomic mass is 35.5. The Hall–Kier alpha value is -2.27. The van der Waals surface area contributed by atoms with Crippen LogP contribution in [0.1, 0.15) is 23.0 Å². The van der Waals surface area contributed by atoms with Crippen molar-refractivity contribution in [1.29, 1.82) is 0 Å². The van der Waals surface area contributed by atoms with Crippen LogP contribution in [0.2, 0.25) is 5.02 Å². The van der Waals surface area contributed by atoms with E-state index in [-0.39, 0.29) is 18.4 Å². The van der Waals surface area contributed by atoms with Crippen molar-refractivity contribution < 1.29 is 9.59 Å². The molecule has 0 saturated heterocycles. The Labute approximate surface area is 134 Å². The summed E-state index contributed by atoms with van der Waals surface area (Å²) in [7, 11) is 0. The molecule has 2 aromatic rings. The first kappa shape index (κ1) is 16.1. The highest BCUT2D eigenvalue weighted by Gasteiger charge is 2.14. The molecule has 1 aromatic carbocycles. The minimum Gasteiger partial charge on any atom is -0.356 e. The fourth-order valence-corrected chi connectivity index (χ4v) is 2.21. The Morgan fingerprint density at radius 2 is 2.00 bits per heavy atom. The summed E-state index contributed by atoms with van der Waals surface area (Å²) in [6.07, 6.45) is 1.52. The van der Waals surface area contributed by atoms with Gasteiger partial charge >= 0.3 is 0 Å². The number of likely N-dealkylation sites (N-methyl/N-ethyl adjacent to an activating group) is 1. The predicted molar refractivity (Wildman–Crippen MR) is 85.7 cm³/mol. The molecule has 1 aromatic heterocycles. The molecule has 2 rings (SSSR count). The number of hydrogen-bond donors (Lipinski definition) is 2. The number of aromatic amines is 1.